The maximum atomic E-state index is 12.4. The molecule has 2 aromatic carbocycles. The Balaban J connectivity index is 1.34. The molecule has 1 aliphatic carbocycles. The van der Waals surface area contributed by atoms with Crippen LogP contribution < -0.4 is 16.2 Å². The zero-order valence-electron chi connectivity index (χ0n) is 20.6. The second kappa shape index (κ2) is 13.3. The smallest absolute Gasteiger partial charge is 0.338 e. The highest BCUT2D eigenvalue weighted by Crippen LogP contribution is 2.31. The monoisotopic (exact) mass is 494 g/mol. The Morgan fingerprint density at radius 3 is 2.19 bits per heavy atom. The third kappa shape index (κ3) is 8.45. The quantitative estimate of drug-likeness (QED) is 0.159. The van der Waals surface area contributed by atoms with Gasteiger partial charge in [0.05, 0.1) is 24.7 Å². The third-order valence-electron chi connectivity index (χ3n) is 6.25. The second-order valence-corrected chi connectivity index (χ2v) is 8.99. The SMILES string of the molecule is CCC1CCC(C(=O)Oc2ccc(/C=C/C(=O)OCCCOC(=O)c3cc(N)cc(N)c3)cc2)CC1. The van der Waals surface area contributed by atoms with E-state index in [1.165, 1.54) is 24.6 Å². The largest absolute Gasteiger partial charge is 0.462 e. The van der Waals surface area contributed by atoms with Gasteiger partial charge in [0.1, 0.15) is 5.75 Å². The molecule has 0 unspecified atom stereocenters. The fraction of sp³-hybridized carbons (Fsp3) is 0.393. The Labute approximate surface area is 211 Å². The molecule has 8 heteroatoms. The second-order valence-electron chi connectivity index (χ2n) is 8.99. The van der Waals surface area contributed by atoms with Crippen molar-refractivity contribution in [3.8, 4) is 5.75 Å². The first-order valence-corrected chi connectivity index (χ1v) is 12.3. The molecular weight excluding hydrogens is 460 g/mol. The summed E-state index contributed by atoms with van der Waals surface area (Å²) in [6.45, 7) is 2.38. The number of hydrogen-bond donors (Lipinski definition) is 2. The van der Waals surface area contributed by atoms with Crippen LogP contribution >= 0.6 is 0 Å². The molecule has 2 aromatic rings. The Morgan fingerprint density at radius 1 is 0.917 bits per heavy atom. The molecule has 192 valence electrons. The summed E-state index contributed by atoms with van der Waals surface area (Å²) in [5.74, 6) is -0.0283. The van der Waals surface area contributed by atoms with Gasteiger partial charge in [-0.1, -0.05) is 25.5 Å². The van der Waals surface area contributed by atoms with E-state index < -0.39 is 11.9 Å². The van der Waals surface area contributed by atoms with Gasteiger partial charge in [0.25, 0.3) is 0 Å². The molecule has 0 aliphatic heterocycles. The summed E-state index contributed by atoms with van der Waals surface area (Å²) >= 11 is 0. The van der Waals surface area contributed by atoms with Gasteiger partial charge in [0, 0.05) is 23.9 Å². The highest BCUT2D eigenvalue weighted by Gasteiger charge is 2.26. The van der Waals surface area contributed by atoms with E-state index in [0.29, 0.717) is 23.5 Å². The number of nitrogen functional groups attached to an aromatic ring is 2. The molecule has 1 aliphatic rings. The lowest BCUT2D eigenvalue weighted by Crippen LogP contribution is -2.25. The number of carbonyl (C=O) groups excluding carboxylic acids is 3. The van der Waals surface area contributed by atoms with Crippen molar-refractivity contribution in [3.05, 3.63) is 59.7 Å². The van der Waals surface area contributed by atoms with Crippen molar-refractivity contribution in [1.82, 2.24) is 0 Å². The summed E-state index contributed by atoms with van der Waals surface area (Å²) in [4.78, 5) is 36.4. The fourth-order valence-electron chi connectivity index (χ4n) is 4.14. The van der Waals surface area contributed by atoms with E-state index in [1.807, 2.05) is 0 Å². The number of nitrogens with two attached hydrogens (primary N) is 2. The molecule has 0 aromatic heterocycles. The molecule has 0 radical (unpaired) electrons. The first-order valence-electron chi connectivity index (χ1n) is 12.3. The highest BCUT2D eigenvalue weighted by molar-refractivity contribution is 5.91. The van der Waals surface area contributed by atoms with Gasteiger partial charge in [-0.25, -0.2) is 9.59 Å². The van der Waals surface area contributed by atoms with Gasteiger partial charge in [0.15, 0.2) is 0 Å². The van der Waals surface area contributed by atoms with Gasteiger partial charge in [0.2, 0.25) is 0 Å². The zero-order chi connectivity index (χ0) is 25.9. The molecule has 0 atom stereocenters. The molecule has 0 saturated heterocycles. The van der Waals surface area contributed by atoms with Gasteiger partial charge >= 0.3 is 17.9 Å². The normalized spacial score (nSPS) is 17.5. The van der Waals surface area contributed by atoms with E-state index >= 15 is 0 Å². The van der Waals surface area contributed by atoms with Gasteiger partial charge < -0.3 is 25.7 Å². The van der Waals surface area contributed by atoms with Crippen LogP contribution in [-0.2, 0) is 19.1 Å². The van der Waals surface area contributed by atoms with E-state index in [9.17, 15) is 14.4 Å². The van der Waals surface area contributed by atoms with E-state index in [0.717, 1.165) is 37.2 Å². The third-order valence-corrected chi connectivity index (χ3v) is 6.25. The van der Waals surface area contributed by atoms with Gasteiger partial charge in [-0.3, -0.25) is 4.79 Å². The van der Waals surface area contributed by atoms with Crippen LogP contribution in [-0.4, -0.2) is 31.1 Å². The maximum absolute atomic E-state index is 12.4. The topological polar surface area (TPSA) is 131 Å². The summed E-state index contributed by atoms with van der Waals surface area (Å²) < 4.78 is 15.8. The average molecular weight is 495 g/mol. The molecule has 0 spiro atoms. The molecule has 4 N–H and O–H groups in total. The van der Waals surface area contributed by atoms with Crippen LogP contribution in [0.2, 0.25) is 0 Å². The Hall–Kier alpha value is -3.81. The van der Waals surface area contributed by atoms with Crippen molar-refractivity contribution in [3.63, 3.8) is 0 Å². The molecule has 1 fully saturated rings. The number of carbonyl (C=O) groups is 3. The molecule has 3 rings (SSSR count). The van der Waals surface area contributed by atoms with Gasteiger partial charge in [-0.05, 0) is 73.6 Å². The minimum absolute atomic E-state index is 0.0263. The van der Waals surface area contributed by atoms with Crippen molar-refractivity contribution in [2.45, 2.75) is 45.4 Å². The van der Waals surface area contributed by atoms with Crippen LogP contribution in [0, 0.1) is 11.8 Å². The van der Waals surface area contributed by atoms with Crippen LogP contribution in [0.3, 0.4) is 0 Å². The molecule has 0 heterocycles. The highest BCUT2D eigenvalue weighted by atomic mass is 16.5. The van der Waals surface area contributed by atoms with Gasteiger partial charge in [-0.2, -0.15) is 0 Å². The van der Waals surface area contributed by atoms with E-state index in [4.69, 9.17) is 25.7 Å². The lowest BCUT2D eigenvalue weighted by Gasteiger charge is -2.26. The Bertz CT molecular complexity index is 1050. The van der Waals surface area contributed by atoms with Crippen LogP contribution in [0.5, 0.6) is 5.75 Å². The number of hydrogen-bond acceptors (Lipinski definition) is 8. The fourth-order valence-corrected chi connectivity index (χ4v) is 4.14. The first kappa shape index (κ1) is 26.8. The number of anilines is 2. The van der Waals surface area contributed by atoms with Crippen LogP contribution in [0.1, 0.15) is 61.4 Å². The minimum atomic E-state index is -0.543. The van der Waals surface area contributed by atoms with Crippen molar-refractivity contribution in [2.24, 2.45) is 11.8 Å². The van der Waals surface area contributed by atoms with E-state index in [-0.39, 0.29) is 30.7 Å². The molecule has 36 heavy (non-hydrogen) atoms. The molecule has 0 bridgehead atoms. The predicted octanol–water partition coefficient (Wildman–Crippen LogP) is 4.78. The summed E-state index contributed by atoms with van der Waals surface area (Å²) in [6.07, 6.45) is 8.39. The number of benzene rings is 2. The van der Waals surface area contributed by atoms with Crippen molar-refractivity contribution < 1.29 is 28.6 Å². The molecular formula is C28H34N2O6. The van der Waals surface area contributed by atoms with E-state index in [1.54, 1.807) is 36.4 Å². The number of esters is 3. The summed E-state index contributed by atoms with van der Waals surface area (Å²) in [7, 11) is 0. The van der Waals surface area contributed by atoms with Gasteiger partial charge in [-0.15, -0.1) is 0 Å². The number of rotatable bonds is 10. The lowest BCUT2D eigenvalue weighted by atomic mass is 9.81. The zero-order valence-corrected chi connectivity index (χ0v) is 20.6. The molecule has 8 nitrogen and oxygen atoms in total. The van der Waals surface area contributed by atoms with E-state index in [2.05, 4.69) is 6.92 Å². The van der Waals surface area contributed by atoms with Crippen LogP contribution in [0.25, 0.3) is 6.08 Å². The predicted molar refractivity (Wildman–Crippen MR) is 138 cm³/mol. The summed E-state index contributed by atoms with van der Waals surface area (Å²) in [5.41, 5.74) is 13.1. The van der Waals surface area contributed by atoms with Crippen LogP contribution in [0.4, 0.5) is 11.4 Å². The number of ether oxygens (including phenoxy) is 3. The molecule has 0 amide bonds. The minimum Gasteiger partial charge on any atom is -0.462 e. The Kier molecular flexibility index (Phi) is 9.92. The summed E-state index contributed by atoms with van der Waals surface area (Å²) in [5, 5.41) is 0. The van der Waals surface area contributed by atoms with Crippen molar-refractivity contribution in [2.75, 3.05) is 24.7 Å². The summed E-state index contributed by atoms with van der Waals surface area (Å²) in [6, 6.07) is 11.5. The lowest BCUT2D eigenvalue weighted by molar-refractivity contribution is -0.140. The standard InChI is InChI=1S/C28H34N2O6/c1-2-19-4-9-21(10-5-19)28(33)36-25-11-6-20(7-12-25)8-13-26(31)34-14-3-15-35-27(32)22-16-23(29)18-24(30)17-22/h6-8,11-13,16-19,21H,2-5,9-10,14-15,29-30H2,1H3/b13-8+. The maximum Gasteiger partial charge on any atom is 0.338 e. The Morgan fingerprint density at radius 2 is 1.56 bits per heavy atom. The van der Waals surface area contributed by atoms with Crippen molar-refractivity contribution in [1.29, 1.82) is 0 Å². The average Bonchev–Trinajstić information content (AvgIpc) is 2.87. The molecule has 1 saturated carbocycles. The van der Waals surface area contributed by atoms with Crippen molar-refractivity contribution >= 4 is 35.4 Å². The van der Waals surface area contributed by atoms with Crippen LogP contribution in [0.15, 0.2) is 48.5 Å². The first-order chi connectivity index (χ1) is 17.3.